The lowest BCUT2D eigenvalue weighted by Crippen LogP contribution is -2.56. The Bertz CT molecular complexity index is 1700. The molecule has 0 unspecified atom stereocenters. The average Bonchev–Trinajstić information content (AvgIpc) is 3.43. The van der Waals surface area contributed by atoms with Crippen molar-refractivity contribution in [2.24, 2.45) is 5.41 Å². The van der Waals surface area contributed by atoms with Crippen molar-refractivity contribution in [3.8, 4) is 29.0 Å². The van der Waals surface area contributed by atoms with Crippen LogP contribution < -0.4 is 30.6 Å². The number of benzene rings is 1. The molecule has 0 spiro atoms. The molecule has 0 radical (unpaired) electrons. The summed E-state index contributed by atoms with van der Waals surface area (Å²) >= 11 is 1.38. The number of aliphatic hydroxyl groups excluding tert-OH is 1. The van der Waals surface area contributed by atoms with Crippen LogP contribution in [-0.4, -0.2) is 52.5 Å². The number of nitrogens with zero attached hydrogens (tertiary/aromatic N) is 5. The normalized spacial score (nSPS) is 11.8. The molecule has 2 heterocycles. The van der Waals surface area contributed by atoms with E-state index in [1.165, 1.54) is 11.3 Å². The molecule has 3 aromatic rings. The van der Waals surface area contributed by atoms with Crippen LogP contribution in [0.4, 0.5) is 5.13 Å². The average molecular weight is 636 g/mol. The van der Waals surface area contributed by atoms with Gasteiger partial charge in [0, 0.05) is 35.8 Å². The third kappa shape index (κ3) is 7.40. The van der Waals surface area contributed by atoms with Gasteiger partial charge in [0.15, 0.2) is 5.13 Å². The number of hydrogen-bond acceptors (Lipinski definition) is 9. The molecule has 11 heteroatoms. The monoisotopic (exact) mass is 635 g/mol. The maximum atomic E-state index is 14.2. The molecule has 0 saturated carbocycles. The highest BCUT2D eigenvalue weighted by Gasteiger charge is 2.31. The fourth-order valence-electron chi connectivity index (χ4n) is 4.98. The van der Waals surface area contributed by atoms with Gasteiger partial charge in [0.25, 0.3) is 5.56 Å². The fourth-order valence-corrected chi connectivity index (χ4v) is 6.05. The molecule has 1 amide bonds. The van der Waals surface area contributed by atoms with Gasteiger partial charge in [-0.05, 0) is 37.5 Å². The van der Waals surface area contributed by atoms with Crippen LogP contribution in [0.25, 0.3) is 23.9 Å². The highest BCUT2D eigenvalue weighted by Crippen LogP contribution is 2.40. The van der Waals surface area contributed by atoms with Gasteiger partial charge in [-0.15, -0.1) is 0 Å². The fraction of sp³-hybridized carbons (Fsp3) is 0.471. The Kier molecular flexibility index (Phi) is 12.0. The van der Waals surface area contributed by atoms with E-state index in [-0.39, 0.29) is 29.2 Å². The summed E-state index contributed by atoms with van der Waals surface area (Å²) in [6.45, 7) is 16.5. The van der Waals surface area contributed by atoms with Crippen molar-refractivity contribution in [2.75, 3.05) is 36.7 Å². The number of unbranched alkanes of at least 4 members (excludes halogenated alkanes) is 2. The van der Waals surface area contributed by atoms with Gasteiger partial charge in [0.05, 0.1) is 29.5 Å². The molecule has 45 heavy (non-hydrogen) atoms. The predicted molar refractivity (Wildman–Crippen MR) is 181 cm³/mol. The first-order valence-corrected chi connectivity index (χ1v) is 16.1. The van der Waals surface area contributed by atoms with E-state index >= 15 is 0 Å². The largest absolute Gasteiger partial charge is 0.496 e. The third-order valence-corrected chi connectivity index (χ3v) is 8.56. The smallest absolute Gasteiger partial charge is 0.280 e. The van der Waals surface area contributed by atoms with Crippen LogP contribution in [0.3, 0.4) is 0 Å². The minimum absolute atomic E-state index is 0.0349. The molecule has 0 fully saturated rings. The highest BCUT2D eigenvalue weighted by molar-refractivity contribution is 7.16. The number of methoxy groups -OCH3 is 1. The summed E-state index contributed by atoms with van der Waals surface area (Å²) in [5, 5.41) is 33.4. The van der Waals surface area contributed by atoms with Crippen LogP contribution in [0.1, 0.15) is 83.2 Å². The van der Waals surface area contributed by atoms with Gasteiger partial charge in [-0.2, -0.15) is 9.94 Å². The van der Waals surface area contributed by atoms with Crippen molar-refractivity contribution < 1.29 is 19.7 Å². The van der Waals surface area contributed by atoms with Crippen LogP contribution in [0, 0.1) is 16.7 Å². The molecule has 2 aromatic heterocycles. The molecule has 3 rings (SSSR count). The van der Waals surface area contributed by atoms with Crippen molar-refractivity contribution in [2.45, 2.75) is 73.8 Å². The molecular weight excluding hydrogens is 590 g/mol. The lowest BCUT2D eigenvalue weighted by atomic mass is 9.95. The molecule has 2 N–H and O–H groups in total. The van der Waals surface area contributed by atoms with Crippen LogP contribution >= 0.6 is 11.3 Å². The zero-order valence-electron chi connectivity index (χ0n) is 27.4. The molecule has 0 aliphatic rings. The summed E-state index contributed by atoms with van der Waals surface area (Å²) in [5.74, 6) is -0.545. The number of pyridine rings is 1. The lowest BCUT2D eigenvalue weighted by Gasteiger charge is -2.30. The van der Waals surface area contributed by atoms with Gasteiger partial charge in [-0.3, -0.25) is 9.59 Å². The number of anilines is 1. The second kappa shape index (κ2) is 15.2. The third-order valence-electron chi connectivity index (χ3n) is 7.49. The Labute approximate surface area is 269 Å². The number of rotatable bonds is 13. The van der Waals surface area contributed by atoms with Crippen molar-refractivity contribution in [3.63, 3.8) is 0 Å². The van der Waals surface area contributed by atoms with Crippen LogP contribution in [0.5, 0.6) is 11.6 Å². The van der Waals surface area contributed by atoms with Crippen molar-refractivity contribution in [3.05, 3.63) is 55.0 Å². The van der Waals surface area contributed by atoms with Gasteiger partial charge >= 0.3 is 0 Å². The number of ether oxygens (including phenoxy) is 1. The van der Waals surface area contributed by atoms with Crippen molar-refractivity contribution in [1.29, 1.82) is 5.26 Å². The molecule has 0 bridgehead atoms. The number of hydrogen-bond donors (Lipinski definition) is 2. The lowest BCUT2D eigenvalue weighted by molar-refractivity contribution is -0.127. The Morgan fingerprint density at radius 2 is 1.84 bits per heavy atom. The van der Waals surface area contributed by atoms with E-state index in [0.717, 1.165) is 53.6 Å². The van der Waals surface area contributed by atoms with Crippen molar-refractivity contribution >= 4 is 35.0 Å². The van der Waals surface area contributed by atoms with E-state index < -0.39 is 22.8 Å². The number of nitriles is 1. The second-order valence-electron chi connectivity index (χ2n) is 11.8. The number of aromatic hydroxyl groups is 1. The quantitative estimate of drug-likeness (QED) is 0.285. The van der Waals surface area contributed by atoms with Gasteiger partial charge in [-0.25, -0.2) is 9.99 Å². The molecule has 10 nitrogen and oxygen atoms in total. The van der Waals surface area contributed by atoms with Gasteiger partial charge < -0.3 is 19.8 Å². The Morgan fingerprint density at radius 1 is 1.20 bits per heavy atom. The van der Waals surface area contributed by atoms with Crippen LogP contribution in [-0.2, 0) is 11.4 Å². The predicted octanol–water partition coefficient (Wildman–Crippen LogP) is 4.23. The summed E-state index contributed by atoms with van der Waals surface area (Å²) in [7, 11) is 1.54. The maximum absolute atomic E-state index is 14.2. The SMILES string of the molecule is C=c1c(C#N)c(O)n(N(CC)C(=O)C(C)(C)C)c(=O)/c1=C\c1sc(N(CCCC)CCCC)nc1-c1c(CO)cccc1OC. The maximum Gasteiger partial charge on any atom is 0.280 e. The van der Waals surface area contributed by atoms with E-state index in [1.54, 1.807) is 59.1 Å². The molecule has 0 aliphatic heterocycles. The zero-order chi connectivity index (χ0) is 33.5. The Morgan fingerprint density at radius 3 is 2.36 bits per heavy atom. The Balaban J connectivity index is 2.49. The first kappa shape index (κ1) is 35.3. The summed E-state index contributed by atoms with van der Waals surface area (Å²) in [6, 6.07) is 7.33. The van der Waals surface area contributed by atoms with Crippen LogP contribution in [0.2, 0.25) is 0 Å². The number of thiazole rings is 1. The minimum atomic E-state index is -0.869. The topological polar surface area (TPSA) is 132 Å². The van der Waals surface area contributed by atoms with Gasteiger partial charge in [0.2, 0.25) is 11.8 Å². The second-order valence-corrected chi connectivity index (χ2v) is 12.8. The molecule has 0 saturated heterocycles. The van der Waals surface area contributed by atoms with Crippen molar-refractivity contribution in [1.82, 2.24) is 9.66 Å². The van der Waals surface area contributed by atoms with Gasteiger partial charge in [-0.1, -0.05) is 77.5 Å². The summed E-state index contributed by atoms with van der Waals surface area (Å²) < 4.78 is 6.56. The number of aliphatic hydroxyl groups is 1. The van der Waals surface area contributed by atoms with E-state index in [2.05, 4.69) is 25.3 Å². The number of carbonyl (C=O) groups is 1. The molecule has 0 atom stereocenters. The highest BCUT2D eigenvalue weighted by atomic mass is 32.1. The van der Waals surface area contributed by atoms with E-state index in [1.807, 2.05) is 6.07 Å². The molecule has 242 valence electrons. The van der Waals surface area contributed by atoms with E-state index in [4.69, 9.17) is 9.72 Å². The van der Waals surface area contributed by atoms with E-state index in [0.29, 0.717) is 27.4 Å². The first-order chi connectivity index (χ1) is 21.4. The number of carbonyl (C=O) groups excluding carboxylic acids is 1. The first-order valence-electron chi connectivity index (χ1n) is 15.3. The number of aromatic nitrogens is 2. The standard InChI is InChI=1S/C34H45N5O5S/c1-9-12-17-37(18-13-10-2)33-36-29(28-23(21-40)15-14-16-26(28)44-8)27(45-33)19-24-22(4)25(20-35)31(42)39(30(24)41)38(11-3)32(43)34(5,6)7/h14-16,19,40,42H,4,9-13,17-18,21H2,1-3,5-8H3/b24-19-. The summed E-state index contributed by atoms with van der Waals surface area (Å²) in [5.41, 5.74) is -0.0960. The zero-order valence-corrected chi connectivity index (χ0v) is 28.3. The minimum Gasteiger partial charge on any atom is -0.496 e. The molecular formula is C34H45N5O5S. The van der Waals surface area contributed by atoms with Gasteiger partial charge in [0.1, 0.15) is 17.4 Å². The Hall–Kier alpha value is -4.14. The van der Waals surface area contributed by atoms with E-state index in [9.17, 15) is 25.1 Å². The summed E-state index contributed by atoms with van der Waals surface area (Å²) in [4.78, 5) is 35.4. The summed E-state index contributed by atoms with van der Waals surface area (Å²) in [6.07, 6.45) is 5.58. The van der Waals surface area contributed by atoms with Crippen LogP contribution in [0.15, 0.2) is 23.0 Å². The molecule has 1 aromatic carbocycles. The number of amides is 1. The molecule has 0 aliphatic carbocycles.